The fourth-order valence-corrected chi connectivity index (χ4v) is 2.13. The first-order valence-electron chi connectivity index (χ1n) is 5.21. The van der Waals surface area contributed by atoms with Crippen molar-refractivity contribution in [2.24, 2.45) is 11.1 Å². The van der Waals surface area contributed by atoms with Crippen LogP contribution in [0.5, 0.6) is 0 Å². The molecule has 1 amide bonds. The standard InChI is InChI=1S/C12H13ClF3NO/c1-11(7-13,10(17)18)9(12(14,15)16)8-5-3-2-4-6-8/h2-6,9H,7H2,1H3,(H2,17,18). The Kier molecular flexibility index (Phi) is 4.27. The highest BCUT2D eigenvalue weighted by atomic mass is 35.5. The van der Waals surface area contributed by atoms with Crippen molar-refractivity contribution >= 4 is 17.5 Å². The smallest absolute Gasteiger partial charge is 0.369 e. The van der Waals surface area contributed by atoms with Crippen molar-refractivity contribution in [2.45, 2.75) is 19.0 Å². The molecule has 1 aromatic rings. The first-order chi connectivity index (χ1) is 8.23. The van der Waals surface area contributed by atoms with Crippen LogP contribution in [0.15, 0.2) is 30.3 Å². The summed E-state index contributed by atoms with van der Waals surface area (Å²) in [5, 5.41) is 0. The van der Waals surface area contributed by atoms with Gasteiger partial charge in [-0.1, -0.05) is 30.3 Å². The minimum Gasteiger partial charge on any atom is -0.369 e. The van der Waals surface area contributed by atoms with Crippen molar-refractivity contribution < 1.29 is 18.0 Å². The predicted octanol–water partition coefficient (Wildman–Crippen LogP) is 3.06. The van der Waals surface area contributed by atoms with Crippen LogP contribution < -0.4 is 5.73 Å². The van der Waals surface area contributed by atoms with Gasteiger partial charge in [-0.25, -0.2) is 0 Å². The molecule has 0 spiro atoms. The number of carbonyl (C=O) groups is 1. The number of alkyl halides is 4. The van der Waals surface area contributed by atoms with Crippen LogP contribution >= 0.6 is 11.6 Å². The highest BCUT2D eigenvalue weighted by Crippen LogP contribution is 2.47. The quantitative estimate of drug-likeness (QED) is 0.846. The number of halogens is 4. The molecule has 0 bridgehead atoms. The average Bonchev–Trinajstić information content (AvgIpc) is 2.28. The van der Waals surface area contributed by atoms with Crippen LogP contribution in [0, 0.1) is 5.41 Å². The number of amides is 1. The molecule has 2 unspecified atom stereocenters. The molecule has 0 saturated carbocycles. The second kappa shape index (κ2) is 5.18. The van der Waals surface area contributed by atoms with E-state index in [0.29, 0.717) is 0 Å². The van der Waals surface area contributed by atoms with E-state index in [9.17, 15) is 18.0 Å². The zero-order valence-electron chi connectivity index (χ0n) is 9.67. The van der Waals surface area contributed by atoms with Crippen LogP contribution in [0.1, 0.15) is 18.4 Å². The summed E-state index contributed by atoms with van der Waals surface area (Å²) >= 11 is 5.55. The number of primary amides is 1. The lowest BCUT2D eigenvalue weighted by Crippen LogP contribution is -2.46. The molecule has 1 rings (SSSR count). The molecule has 0 radical (unpaired) electrons. The van der Waals surface area contributed by atoms with Crippen LogP contribution in [0.4, 0.5) is 13.2 Å². The Hall–Kier alpha value is -1.23. The van der Waals surface area contributed by atoms with Gasteiger partial charge in [-0.15, -0.1) is 11.6 Å². The number of carbonyl (C=O) groups excluding carboxylic acids is 1. The maximum Gasteiger partial charge on any atom is 0.396 e. The molecular formula is C12H13ClF3NO. The number of nitrogens with two attached hydrogens (primary N) is 1. The minimum atomic E-state index is -4.60. The zero-order valence-corrected chi connectivity index (χ0v) is 10.4. The summed E-state index contributed by atoms with van der Waals surface area (Å²) in [5.41, 5.74) is 3.20. The third-order valence-electron chi connectivity index (χ3n) is 2.94. The Morgan fingerprint density at radius 2 is 1.83 bits per heavy atom. The summed E-state index contributed by atoms with van der Waals surface area (Å²) in [6.45, 7) is 1.13. The molecule has 18 heavy (non-hydrogen) atoms. The summed E-state index contributed by atoms with van der Waals surface area (Å²) in [4.78, 5) is 11.4. The van der Waals surface area contributed by atoms with Gasteiger partial charge in [0.25, 0.3) is 0 Å². The molecule has 6 heteroatoms. The monoisotopic (exact) mass is 279 g/mol. The van der Waals surface area contributed by atoms with Crippen LogP contribution in [0.25, 0.3) is 0 Å². The summed E-state index contributed by atoms with van der Waals surface area (Å²) in [6, 6.07) is 7.17. The lowest BCUT2D eigenvalue weighted by molar-refractivity contribution is -0.178. The maximum absolute atomic E-state index is 13.2. The highest BCUT2D eigenvalue weighted by Gasteiger charge is 2.54. The van der Waals surface area contributed by atoms with Gasteiger partial charge in [0.15, 0.2) is 0 Å². The van der Waals surface area contributed by atoms with Crippen LogP contribution in [0.3, 0.4) is 0 Å². The minimum absolute atomic E-state index is 0.0213. The van der Waals surface area contributed by atoms with E-state index in [1.807, 2.05) is 0 Å². The first-order valence-corrected chi connectivity index (χ1v) is 5.74. The number of hydrogen-bond acceptors (Lipinski definition) is 1. The molecule has 0 aliphatic rings. The van der Waals surface area contributed by atoms with Crippen molar-refractivity contribution in [2.75, 3.05) is 5.88 Å². The first kappa shape index (κ1) is 14.8. The largest absolute Gasteiger partial charge is 0.396 e. The van der Waals surface area contributed by atoms with Gasteiger partial charge in [-0.2, -0.15) is 13.2 Å². The van der Waals surface area contributed by atoms with Gasteiger partial charge in [0.2, 0.25) is 5.91 Å². The highest BCUT2D eigenvalue weighted by molar-refractivity contribution is 6.20. The van der Waals surface area contributed by atoms with Crippen molar-refractivity contribution in [3.05, 3.63) is 35.9 Å². The summed E-state index contributed by atoms with van der Waals surface area (Å²) in [6.07, 6.45) is -4.60. The van der Waals surface area contributed by atoms with E-state index in [4.69, 9.17) is 17.3 Å². The Morgan fingerprint density at radius 3 is 2.17 bits per heavy atom. The summed E-state index contributed by atoms with van der Waals surface area (Å²) in [7, 11) is 0. The topological polar surface area (TPSA) is 43.1 Å². The molecule has 0 aromatic heterocycles. The van der Waals surface area contributed by atoms with Crippen molar-refractivity contribution in [1.29, 1.82) is 0 Å². The molecular weight excluding hydrogens is 267 g/mol. The van der Waals surface area contributed by atoms with Gasteiger partial charge in [0.1, 0.15) is 0 Å². The number of benzene rings is 1. The summed E-state index contributed by atoms with van der Waals surface area (Å²) in [5.74, 6) is -3.58. The third kappa shape index (κ3) is 2.77. The Balaban J connectivity index is 3.36. The molecule has 2 nitrogen and oxygen atoms in total. The van der Waals surface area contributed by atoms with E-state index < -0.39 is 29.3 Å². The second-order valence-electron chi connectivity index (χ2n) is 4.30. The predicted molar refractivity (Wildman–Crippen MR) is 63.3 cm³/mol. The van der Waals surface area contributed by atoms with Gasteiger partial charge < -0.3 is 5.73 Å². The molecule has 0 saturated heterocycles. The van der Waals surface area contributed by atoms with Crippen LogP contribution in [0.2, 0.25) is 0 Å². The van der Waals surface area contributed by atoms with Gasteiger partial charge in [-0.05, 0) is 12.5 Å². The molecule has 0 fully saturated rings. The van der Waals surface area contributed by atoms with Crippen molar-refractivity contribution in [3.63, 3.8) is 0 Å². The molecule has 2 N–H and O–H groups in total. The molecule has 1 aromatic carbocycles. The van der Waals surface area contributed by atoms with E-state index >= 15 is 0 Å². The Morgan fingerprint density at radius 1 is 1.33 bits per heavy atom. The van der Waals surface area contributed by atoms with E-state index in [0.717, 1.165) is 6.92 Å². The van der Waals surface area contributed by atoms with Gasteiger partial charge >= 0.3 is 6.18 Å². The SMILES string of the molecule is CC(CCl)(C(N)=O)C(c1ccccc1)C(F)(F)F. The third-order valence-corrected chi connectivity index (χ3v) is 3.49. The van der Waals surface area contributed by atoms with Crippen LogP contribution in [-0.4, -0.2) is 18.0 Å². The number of rotatable bonds is 4. The van der Waals surface area contributed by atoms with Gasteiger partial charge in [0.05, 0.1) is 11.3 Å². The fraction of sp³-hybridized carbons (Fsp3) is 0.417. The van der Waals surface area contributed by atoms with Crippen molar-refractivity contribution in [3.8, 4) is 0 Å². The average molecular weight is 280 g/mol. The lowest BCUT2D eigenvalue weighted by atomic mass is 9.73. The summed E-state index contributed by atoms with van der Waals surface area (Å²) < 4.78 is 39.5. The molecule has 100 valence electrons. The lowest BCUT2D eigenvalue weighted by Gasteiger charge is -2.34. The van der Waals surface area contributed by atoms with Crippen LogP contribution in [-0.2, 0) is 4.79 Å². The van der Waals surface area contributed by atoms with E-state index in [-0.39, 0.29) is 5.56 Å². The molecule has 0 heterocycles. The molecule has 0 aliphatic carbocycles. The van der Waals surface area contributed by atoms with E-state index in [1.54, 1.807) is 6.07 Å². The van der Waals surface area contributed by atoms with Crippen molar-refractivity contribution in [1.82, 2.24) is 0 Å². The Bertz CT molecular complexity index is 421. The Labute approximate surface area is 108 Å². The van der Waals surface area contributed by atoms with Gasteiger partial charge in [-0.3, -0.25) is 4.79 Å². The molecule has 2 atom stereocenters. The van der Waals surface area contributed by atoms with E-state index in [2.05, 4.69) is 0 Å². The zero-order chi connectivity index (χ0) is 14.0. The normalized spacial score (nSPS) is 16.9. The fourth-order valence-electron chi connectivity index (χ4n) is 1.85. The van der Waals surface area contributed by atoms with Gasteiger partial charge in [0, 0.05) is 5.88 Å². The maximum atomic E-state index is 13.2. The number of hydrogen-bond donors (Lipinski definition) is 1. The second-order valence-corrected chi connectivity index (χ2v) is 4.57. The molecule has 0 aliphatic heterocycles. The van der Waals surface area contributed by atoms with E-state index in [1.165, 1.54) is 24.3 Å².